The number of nitrogens with zero attached hydrogens (tertiary/aromatic N) is 2. The van der Waals surface area contributed by atoms with Crippen LogP contribution in [0.4, 0.5) is 0 Å². The van der Waals surface area contributed by atoms with E-state index in [1.807, 2.05) is 32.0 Å². The maximum Gasteiger partial charge on any atom is 0.263 e. The first kappa shape index (κ1) is 23.9. The predicted molar refractivity (Wildman–Crippen MR) is 127 cm³/mol. The fraction of sp³-hybridized carbons (Fsp3) is 0.417. The summed E-state index contributed by atoms with van der Waals surface area (Å²) in [7, 11) is -3.65. The number of carbonyl (C=O) groups is 1. The molecule has 1 aliphatic heterocycles. The molecule has 0 fully saturated rings. The first-order valence-corrected chi connectivity index (χ1v) is 12.5. The van der Waals surface area contributed by atoms with Gasteiger partial charge in [-0.05, 0) is 42.3 Å². The maximum absolute atomic E-state index is 13.1. The monoisotopic (exact) mass is 456 g/mol. The van der Waals surface area contributed by atoms with E-state index in [0.717, 1.165) is 25.2 Å². The molecular weight excluding hydrogens is 424 g/mol. The second-order valence-corrected chi connectivity index (χ2v) is 9.87. The first-order chi connectivity index (χ1) is 15.3. The molecule has 2 aromatic carbocycles. The Morgan fingerprint density at radius 1 is 1.03 bits per heavy atom. The van der Waals surface area contributed by atoms with Crippen molar-refractivity contribution in [1.82, 2.24) is 14.9 Å². The van der Waals surface area contributed by atoms with Gasteiger partial charge >= 0.3 is 0 Å². The molecule has 172 valence electrons. The normalized spacial score (nSPS) is 16.8. The first-order valence-electron chi connectivity index (χ1n) is 11.0. The quantitative estimate of drug-likeness (QED) is 0.607. The average Bonchev–Trinajstić information content (AvgIpc) is 3.04. The van der Waals surface area contributed by atoms with Gasteiger partial charge in [-0.25, -0.2) is 8.42 Å². The summed E-state index contributed by atoms with van der Waals surface area (Å²) in [6, 6.07) is 14.0. The lowest BCUT2D eigenvalue weighted by Gasteiger charge is -2.21. The largest absolute Gasteiger partial charge is 0.350 e. The van der Waals surface area contributed by atoms with Crippen molar-refractivity contribution in [3.63, 3.8) is 0 Å². The number of sulfonamides is 1. The van der Waals surface area contributed by atoms with E-state index in [4.69, 9.17) is 0 Å². The number of nitrogens with one attached hydrogen (secondary N) is 2. The van der Waals surface area contributed by atoms with Gasteiger partial charge in [-0.15, -0.1) is 0 Å². The van der Waals surface area contributed by atoms with E-state index >= 15 is 0 Å². The van der Waals surface area contributed by atoms with Crippen LogP contribution in [0.5, 0.6) is 0 Å². The van der Waals surface area contributed by atoms with E-state index in [9.17, 15) is 13.2 Å². The van der Waals surface area contributed by atoms with E-state index in [-0.39, 0.29) is 22.6 Å². The summed E-state index contributed by atoms with van der Waals surface area (Å²) in [6.45, 7) is 11.2. The molecule has 7 nitrogen and oxygen atoms in total. The Hall–Kier alpha value is -2.71. The fourth-order valence-electron chi connectivity index (χ4n) is 3.74. The van der Waals surface area contributed by atoms with Crippen LogP contribution in [0.2, 0.25) is 0 Å². The lowest BCUT2D eigenvalue weighted by Crippen LogP contribution is -2.38. The second kappa shape index (κ2) is 10.3. The molecule has 0 radical (unpaired) electrons. The average molecular weight is 457 g/mol. The molecule has 1 aliphatic rings. The third-order valence-electron chi connectivity index (χ3n) is 5.69. The van der Waals surface area contributed by atoms with Crippen LogP contribution in [-0.4, -0.2) is 44.2 Å². The van der Waals surface area contributed by atoms with Crippen LogP contribution >= 0.6 is 0 Å². The number of aliphatic imine (C=N–C) groups is 1. The summed E-state index contributed by atoms with van der Waals surface area (Å²) in [5.74, 6) is -0.115. The van der Waals surface area contributed by atoms with E-state index in [2.05, 4.69) is 39.8 Å². The van der Waals surface area contributed by atoms with Gasteiger partial charge in [-0.2, -0.15) is 0 Å². The van der Waals surface area contributed by atoms with E-state index < -0.39 is 16.1 Å². The molecule has 1 heterocycles. The molecule has 32 heavy (non-hydrogen) atoms. The molecule has 1 atom stereocenters. The molecule has 0 spiro atoms. The highest BCUT2D eigenvalue weighted by Crippen LogP contribution is 2.23. The van der Waals surface area contributed by atoms with E-state index in [1.165, 1.54) is 11.6 Å². The zero-order chi connectivity index (χ0) is 23.3. The lowest BCUT2D eigenvalue weighted by molar-refractivity contribution is -0.123. The molecular formula is C24H32N4O3S. The van der Waals surface area contributed by atoms with Crippen LogP contribution in [0.1, 0.15) is 44.4 Å². The highest BCUT2D eigenvalue weighted by molar-refractivity contribution is 7.90. The Morgan fingerprint density at radius 2 is 1.66 bits per heavy atom. The summed E-state index contributed by atoms with van der Waals surface area (Å²) < 4.78 is 27.2. The van der Waals surface area contributed by atoms with Crippen LogP contribution < -0.4 is 10.0 Å². The molecule has 3 rings (SSSR count). The van der Waals surface area contributed by atoms with Crippen LogP contribution in [0.15, 0.2) is 58.4 Å². The van der Waals surface area contributed by atoms with Gasteiger partial charge in [0, 0.05) is 18.7 Å². The molecule has 0 saturated heterocycles. The molecule has 0 aromatic heterocycles. The minimum atomic E-state index is -3.65. The van der Waals surface area contributed by atoms with Crippen molar-refractivity contribution in [3.8, 4) is 0 Å². The molecule has 2 N–H and O–H groups in total. The van der Waals surface area contributed by atoms with Gasteiger partial charge in [-0.1, -0.05) is 64.1 Å². The Labute approximate surface area is 191 Å². The Morgan fingerprint density at radius 3 is 2.31 bits per heavy atom. The molecule has 0 aliphatic carbocycles. The SMILES string of the molecule is CCN(CC)Cc1ccccc1CNC(=O)[C@H](N=C1NS(=O)(=O)c2ccccc21)C(C)C. The minimum absolute atomic E-state index is 0.106. The van der Waals surface area contributed by atoms with Crippen molar-refractivity contribution < 1.29 is 13.2 Å². The van der Waals surface area contributed by atoms with Crippen LogP contribution in [0.25, 0.3) is 0 Å². The van der Waals surface area contributed by atoms with Crippen molar-refractivity contribution in [2.45, 2.75) is 51.7 Å². The molecule has 0 saturated carbocycles. The van der Waals surface area contributed by atoms with Gasteiger partial charge in [0.15, 0.2) is 0 Å². The summed E-state index contributed by atoms with van der Waals surface area (Å²) in [5.41, 5.74) is 2.74. The van der Waals surface area contributed by atoms with Crippen LogP contribution in [-0.2, 0) is 27.9 Å². The predicted octanol–water partition coefficient (Wildman–Crippen LogP) is 2.91. The molecule has 8 heteroatoms. The fourth-order valence-corrected chi connectivity index (χ4v) is 4.98. The number of hydrogen-bond acceptors (Lipinski definition) is 5. The Bertz CT molecular complexity index is 1090. The summed E-state index contributed by atoms with van der Waals surface area (Å²) in [4.78, 5) is 20.1. The van der Waals surface area contributed by atoms with Gasteiger partial charge < -0.3 is 5.32 Å². The van der Waals surface area contributed by atoms with Crippen LogP contribution in [0, 0.1) is 5.92 Å². The Kier molecular flexibility index (Phi) is 7.69. The third-order valence-corrected chi connectivity index (χ3v) is 7.09. The van der Waals surface area contributed by atoms with Crippen molar-refractivity contribution in [1.29, 1.82) is 0 Å². The molecule has 0 unspecified atom stereocenters. The van der Waals surface area contributed by atoms with Gasteiger partial charge in [-0.3, -0.25) is 19.4 Å². The minimum Gasteiger partial charge on any atom is -0.350 e. The number of amides is 1. The number of benzene rings is 2. The van der Waals surface area contributed by atoms with E-state index in [0.29, 0.717) is 12.1 Å². The smallest absolute Gasteiger partial charge is 0.263 e. The third kappa shape index (κ3) is 5.37. The number of carbonyl (C=O) groups excluding carboxylic acids is 1. The Balaban J connectivity index is 1.78. The molecule has 2 aromatic rings. The van der Waals surface area contributed by atoms with E-state index in [1.54, 1.807) is 18.2 Å². The summed E-state index contributed by atoms with van der Waals surface area (Å²) in [5, 5.41) is 3.01. The zero-order valence-corrected chi connectivity index (χ0v) is 19.9. The number of hydrogen-bond donors (Lipinski definition) is 2. The highest BCUT2D eigenvalue weighted by atomic mass is 32.2. The van der Waals surface area contributed by atoms with Crippen LogP contribution in [0.3, 0.4) is 0 Å². The summed E-state index contributed by atoms with van der Waals surface area (Å²) >= 11 is 0. The standard InChI is InChI=1S/C24H32N4O3S/c1-5-28(6-2)16-19-12-8-7-11-18(19)15-25-24(29)22(17(3)4)26-23-20-13-9-10-14-21(20)32(30,31)27-23/h7-14,17,22H,5-6,15-16H2,1-4H3,(H,25,29)(H,26,27)/t22-/m1/s1. The number of rotatable bonds is 9. The van der Waals surface area contributed by atoms with Gasteiger partial charge in [0.2, 0.25) is 5.91 Å². The number of fused-ring (bicyclic) bond motifs is 1. The van der Waals surface area contributed by atoms with Crippen molar-refractivity contribution in [3.05, 3.63) is 65.2 Å². The van der Waals surface area contributed by atoms with Gasteiger partial charge in [0.25, 0.3) is 10.0 Å². The molecule has 1 amide bonds. The van der Waals surface area contributed by atoms with Crippen molar-refractivity contribution in [2.75, 3.05) is 13.1 Å². The number of amidine groups is 1. The zero-order valence-electron chi connectivity index (χ0n) is 19.1. The van der Waals surface area contributed by atoms with Gasteiger partial charge in [0.1, 0.15) is 11.9 Å². The van der Waals surface area contributed by atoms with Gasteiger partial charge in [0.05, 0.1) is 4.90 Å². The summed E-state index contributed by atoms with van der Waals surface area (Å²) in [6.07, 6.45) is 0. The van der Waals surface area contributed by atoms with Crippen molar-refractivity contribution in [2.24, 2.45) is 10.9 Å². The topological polar surface area (TPSA) is 90.9 Å². The highest BCUT2D eigenvalue weighted by Gasteiger charge is 2.32. The second-order valence-electron chi connectivity index (χ2n) is 8.22. The molecule has 0 bridgehead atoms. The van der Waals surface area contributed by atoms with Crippen molar-refractivity contribution >= 4 is 21.8 Å². The lowest BCUT2D eigenvalue weighted by atomic mass is 10.0. The maximum atomic E-state index is 13.1.